The molecule has 0 atom stereocenters. The summed E-state index contributed by atoms with van der Waals surface area (Å²) in [6.45, 7) is 4.22. The Hall–Kier alpha value is -1.82. The van der Waals surface area contributed by atoms with E-state index >= 15 is 0 Å². The predicted molar refractivity (Wildman–Crippen MR) is 108 cm³/mol. The van der Waals surface area contributed by atoms with Crippen LogP contribution < -0.4 is 0 Å². The van der Waals surface area contributed by atoms with Crippen LogP contribution in [0.15, 0.2) is 58.8 Å². The molecule has 0 unspecified atom stereocenters. The van der Waals surface area contributed by atoms with Gasteiger partial charge in [0.2, 0.25) is 5.16 Å². The van der Waals surface area contributed by atoms with Gasteiger partial charge in [0.25, 0.3) is 0 Å². The number of hydrogen-bond acceptors (Lipinski definition) is 4. The van der Waals surface area contributed by atoms with Gasteiger partial charge in [0, 0.05) is 21.4 Å². The fraction of sp³-hybridized carbons (Fsp3) is 0.211. The summed E-state index contributed by atoms with van der Waals surface area (Å²) in [7, 11) is 0. The Bertz CT molecular complexity index is 993. The second kappa shape index (κ2) is 6.72. The largest absolute Gasteiger partial charge is 0.212 e. The number of hydrogen-bond donors (Lipinski definition) is 0. The topological polar surface area (TPSA) is 43.1 Å². The zero-order valence-electron chi connectivity index (χ0n) is 14.3. The molecular weight excluding hydrogens is 387 g/mol. The highest BCUT2D eigenvalue weighted by Gasteiger charge is 2.32. The van der Waals surface area contributed by atoms with Gasteiger partial charge in [-0.15, -0.1) is 10.2 Å². The Morgan fingerprint density at radius 3 is 2.50 bits per heavy atom. The van der Waals surface area contributed by atoms with Crippen molar-refractivity contribution in [3.05, 3.63) is 75.5 Å². The molecule has 1 aromatic heterocycles. The number of rotatable bonds is 3. The van der Waals surface area contributed by atoms with E-state index in [1.165, 1.54) is 0 Å². The third-order valence-corrected chi connectivity index (χ3v) is 5.87. The van der Waals surface area contributed by atoms with E-state index in [9.17, 15) is 0 Å². The van der Waals surface area contributed by atoms with Gasteiger partial charge < -0.3 is 0 Å². The average Bonchev–Trinajstić information content (AvgIpc) is 3.06. The van der Waals surface area contributed by atoms with Crippen molar-refractivity contribution in [3.63, 3.8) is 0 Å². The summed E-state index contributed by atoms with van der Waals surface area (Å²) in [6.07, 6.45) is 0. The molecule has 3 aromatic rings. The van der Waals surface area contributed by atoms with Gasteiger partial charge in [0.15, 0.2) is 5.82 Å². The average molecular weight is 403 g/mol. The Balaban J connectivity index is 1.78. The second-order valence-corrected chi connectivity index (χ2v) is 8.41. The Labute approximate surface area is 166 Å². The first kappa shape index (κ1) is 17.6. The molecule has 0 aliphatic carbocycles. The van der Waals surface area contributed by atoms with Crippen molar-refractivity contribution in [1.29, 1.82) is 0 Å². The second-order valence-electron chi connectivity index (χ2n) is 6.60. The van der Waals surface area contributed by atoms with Crippen LogP contribution in [0, 0.1) is 0 Å². The van der Waals surface area contributed by atoms with E-state index in [-0.39, 0.29) is 5.41 Å². The molecule has 0 radical (unpaired) electrons. The van der Waals surface area contributed by atoms with Crippen LogP contribution in [0.5, 0.6) is 0 Å². The predicted octanol–water partition coefficient (Wildman–Crippen LogP) is 5.27. The van der Waals surface area contributed by atoms with Crippen molar-refractivity contribution in [3.8, 4) is 0 Å². The van der Waals surface area contributed by atoms with Crippen LogP contribution >= 0.6 is 35.0 Å². The van der Waals surface area contributed by atoms with Crippen LogP contribution in [0.3, 0.4) is 0 Å². The first-order valence-electron chi connectivity index (χ1n) is 8.14. The first-order chi connectivity index (χ1) is 12.4. The van der Waals surface area contributed by atoms with Gasteiger partial charge >= 0.3 is 0 Å². The molecule has 1 aliphatic heterocycles. The lowest BCUT2D eigenvalue weighted by Gasteiger charge is -2.25. The maximum absolute atomic E-state index is 6.14. The minimum atomic E-state index is -0.364. The number of halogens is 2. The van der Waals surface area contributed by atoms with Gasteiger partial charge in [-0.05, 0) is 43.7 Å². The van der Waals surface area contributed by atoms with Crippen LogP contribution in [0.2, 0.25) is 10.0 Å². The summed E-state index contributed by atoms with van der Waals surface area (Å²) in [5, 5.41) is 15.8. The molecule has 0 saturated carbocycles. The molecule has 0 bridgehead atoms. The molecule has 0 amide bonds. The van der Waals surface area contributed by atoms with E-state index in [0.717, 1.165) is 33.6 Å². The van der Waals surface area contributed by atoms with Gasteiger partial charge in [0.1, 0.15) is 0 Å². The van der Waals surface area contributed by atoms with Crippen LogP contribution in [0.25, 0.3) is 0 Å². The molecule has 2 aromatic carbocycles. The van der Waals surface area contributed by atoms with E-state index in [1.807, 2.05) is 53.2 Å². The normalized spacial score (nSPS) is 14.1. The van der Waals surface area contributed by atoms with Crippen LogP contribution in [0.4, 0.5) is 0 Å². The van der Waals surface area contributed by atoms with Crippen molar-refractivity contribution in [1.82, 2.24) is 14.9 Å². The number of nitrogens with zero attached hydrogens (tertiary/aromatic N) is 4. The van der Waals surface area contributed by atoms with E-state index < -0.39 is 0 Å². The van der Waals surface area contributed by atoms with Crippen molar-refractivity contribution >= 4 is 40.7 Å². The zero-order valence-corrected chi connectivity index (χ0v) is 16.6. The van der Waals surface area contributed by atoms with Gasteiger partial charge in [-0.25, -0.2) is 0 Å². The van der Waals surface area contributed by atoms with Gasteiger partial charge in [-0.3, -0.25) is 0 Å². The zero-order chi connectivity index (χ0) is 18.3. The third-order valence-electron chi connectivity index (χ3n) is 4.45. The van der Waals surface area contributed by atoms with Crippen molar-refractivity contribution in [2.75, 3.05) is 5.75 Å². The van der Waals surface area contributed by atoms with E-state index in [2.05, 4.69) is 24.0 Å². The number of benzene rings is 2. The standard InChI is InChI=1S/C19H16Cl2N4S/c1-19(2,13-6-8-14(20)9-7-13)17-22-23-18-25(17)24-16(11-26-18)12-4-3-5-15(21)10-12/h3-10H,11H2,1-2H3. The van der Waals surface area contributed by atoms with Crippen LogP contribution in [-0.4, -0.2) is 26.3 Å². The van der Waals surface area contributed by atoms with Crippen molar-refractivity contribution < 1.29 is 0 Å². The summed E-state index contributed by atoms with van der Waals surface area (Å²) in [5.74, 6) is 1.53. The van der Waals surface area contributed by atoms with Gasteiger partial charge in [-0.2, -0.15) is 9.78 Å². The molecule has 4 nitrogen and oxygen atoms in total. The molecule has 4 rings (SSSR count). The van der Waals surface area contributed by atoms with E-state index in [1.54, 1.807) is 11.8 Å². The Morgan fingerprint density at radius 1 is 1.00 bits per heavy atom. The van der Waals surface area contributed by atoms with Crippen molar-refractivity contribution in [2.45, 2.75) is 24.4 Å². The minimum absolute atomic E-state index is 0.364. The highest BCUT2D eigenvalue weighted by atomic mass is 35.5. The molecule has 0 fully saturated rings. The lowest BCUT2D eigenvalue weighted by molar-refractivity contribution is 0.545. The number of thioether (sulfide) groups is 1. The van der Waals surface area contributed by atoms with Gasteiger partial charge in [0.05, 0.1) is 11.1 Å². The molecule has 2 heterocycles. The molecule has 132 valence electrons. The molecule has 26 heavy (non-hydrogen) atoms. The monoisotopic (exact) mass is 402 g/mol. The summed E-state index contributed by atoms with van der Waals surface area (Å²) < 4.78 is 1.85. The molecule has 7 heteroatoms. The highest BCUT2D eigenvalue weighted by Crippen LogP contribution is 2.34. The molecular formula is C19H16Cl2N4S. The Kier molecular flexibility index (Phi) is 4.55. The number of aromatic nitrogens is 3. The minimum Gasteiger partial charge on any atom is -0.190 e. The molecule has 0 N–H and O–H groups in total. The Morgan fingerprint density at radius 2 is 1.77 bits per heavy atom. The van der Waals surface area contributed by atoms with Crippen molar-refractivity contribution in [2.24, 2.45) is 5.10 Å². The molecule has 0 spiro atoms. The smallest absolute Gasteiger partial charge is 0.190 e. The maximum atomic E-state index is 6.14. The van der Waals surface area contributed by atoms with Gasteiger partial charge in [-0.1, -0.05) is 59.2 Å². The quantitative estimate of drug-likeness (QED) is 0.599. The molecule has 1 aliphatic rings. The van der Waals surface area contributed by atoms with E-state index in [4.69, 9.17) is 28.3 Å². The number of fused-ring (bicyclic) bond motifs is 1. The van der Waals surface area contributed by atoms with Crippen LogP contribution in [0.1, 0.15) is 30.8 Å². The maximum Gasteiger partial charge on any atom is 0.212 e. The summed E-state index contributed by atoms with van der Waals surface area (Å²) in [5.41, 5.74) is 2.71. The molecule has 0 saturated heterocycles. The lowest BCUT2D eigenvalue weighted by atomic mass is 9.84. The highest BCUT2D eigenvalue weighted by molar-refractivity contribution is 7.99. The van der Waals surface area contributed by atoms with Crippen LogP contribution in [-0.2, 0) is 5.41 Å². The summed E-state index contributed by atoms with van der Waals surface area (Å²) in [4.78, 5) is 0. The lowest BCUT2D eigenvalue weighted by Crippen LogP contribution is -2.25. The summed E-state index contributed by atoms with van der Waals surface area (Å²) in [6, 6.07) is 15.6. The first-order valence-corrected chi connectivity index (χ1v) is 9.88. The third kappa shape index (κ3) is 3.15. The van der Waals surface area contributed by atoms with E-state index in [0.29, 0.717) is 10.0 Å². The fourth-order valence-corrected chi connectivity index (χ4v) is 4.08. The SMILES string of the molecule is CC(C)(c1ccc(Cl)cc1)c1nnc2n1N=C(c1cccc(Cl)c1)CS2. The fourth-order valence-electron chi connectivity index (χ4n) is 2.92. The summed E-state index contributed by atoms with van der Waals surface area (Å²) >= 11 is 13.8.